The van der Waals surface area contributed by atoms with Gasteiger partial charge in [-0.1, -0.05) is 66.7 Å². The summed E-state index contributed by atoms with van der Waals surface area (Å²) in [4.78, 5) is 10.2. The number of nitrogens with zero attached hydrogens (tertiary/aromatic N) is 3. The van der Waals surface area contributed by atoms with Crippen LogP contribution < -0.4 is 10.1 Å². The van der Waals surface area contributed by atoms with E-state index in [1.807, 2.05) is 97.3 Å². The van der Waals surface area contributed by atoms with Gasteiger partial charge < -0.3 is 10.1 Å². The van der Waals surface area contributed by atoms with Crippen LogP contribution in [0, 0.1) is 11.3 Å². The molecule has 0 aliphatic rings. The number of hydrogen-bond donors (Lipinski definition) is 1. The van der Waals surface area contributed by atoms with Crippen LogP contribution in [0.5, 0.6) is 5.75 Å². The number of thioether (sulfide) groups is 1. The molecule has 176 valence electrons. The fraction of sp³-hybridized carbons (Fsp3) is 0.0690. The highest BCUT2D eigenvalue weighted by molar-refractivity contribution is 8.00. The fourth-order valence-corrected chi connectivity index (χ4v) is 5.71. The van der Waals surface area contributed by atoms with Crippen LogP contribution >= 0.6 is 23.1 Å². The summed E-state index contributed by atoms with van der Waals surface area (Å²) in [5.74, 6) is 1.23. The average Bonchev–Trinajstić information content (AvgIpc) is 3.32. The van der Waals surface area contributed by atoms with Crippen molar-refractivity contribution in [3.63, 3.8) is 0 Å². The summed E-state index contributed by atoms with van der Waals surface area (Å²) in [6, 6.07) is 32.1. The SMILES string of the molecule is CSc1sc(-c2ccnc(Nc3cccc(OCc4ccccc4)c3)n2)c(-c2ccccc2)c1C#N. The summed E-state index contributed by atoms with van der Waals surface area (Å²) in [5.41, 5.74) is 5.30. The van der Waals surface area contributed by atoms with E-state index in [4.69, 9.17) is 9.72 Å². The molecule has 1 N–H and O–H groups in total. The Balaban J connectivity index is 1.42. The van der Waals surface area contributed by atoms with E-state index in [-0.39, 0.29) is 0 Å². The van der Waals surface area contributed by atoms with E-state index < -0.39 is 0 Å². The van der Waals surface area contributed by atoms with Crippen LogP contribution in [0.4, 0.5) is 11.6 Å². The van der Waals surface area contributed by atoms with Crippen LogP contribution in [0.25, 0.3) is 21.7 Å². The lowest BCUT2D eigenvalue weighted by Gasteiger charge is -2.10. The smallest absolute Gasteiger partial charge is 0.227 e. The minimum absolute atomic E-state index is 0.476. The summed E-state index contributed by atoms with van der Waals surface area (Å²) in [7, 11) is 0. The summed E-state index contributed by atoms with van der Waals surface area (Å²) in [6.45, 7) is 0.496. The number of nitrogens with one attached hydrogen (secondary N) is 1. The zero-order chi connectivity index (χ0) is 24.7. The summed E-state index contributed by atoms with van der Waals surface area (Å²) >= 11 is 3.16. The molecule has 0 aliphatic heterocycles. The molecule has 0 saturated carbocycles. The van der Waals surface area contributed by atoms with Crippen LogP contribution in [0.3, 0.4) is 0 Å². The summed E-state index contributed by atoms with van der Waals surface area (Å²) in [6.07, 6.45) is 3.73. The number of anilines is 2. The fourth-order valence-electron chi connectivity index (χ4n) is 3.80. The molecule has 5 nitrogen and oxygen atoms in total. The second kappa shape index (κ2) is 11.1. The minimum atomic E-state index is 0.476. The summed E-state index contributed by atoms with van der Waals surface area (Å²) in [5, 5.41) is 13.2. The second-order valence-electron chi connectivity index (χ2n) is 7.84. The first-order valence-electron chi connectivity index (χ1n) is 11.3. The maximum atomic E-state index is 9.93. The molecule has 36 heavy (non-hydrogen) atoms. The van der Waals surface area contributed by atoms with Crippen molar-refractivity contribution in [2.75, 3.05) is 11.6 Å². The molecule has 0 spiro atoms. The molecular formula is C29H22N4OS2. The monoisotopic (exact) mass is 506 g/mol. The largest absolute Gasteiger partial charge is 0.489 e. The number of benzene rings is 3. The van der Waals surface area contributed by atoms with Crippen LogP contribution in [0.2, 0.25) is 0 Å². The number of ether oxygens (including phenoxy) is 1. The lowest BCUT2D eigenvalue weighted by Crippen LogP contribution is -1.99. The molecule has 0 amide bonds. The Labute approximate surface area is 218 Å². The van der Waals surface area contributed by atoms with Crippen molar-refractivity contribution in [2.24, 2.45) is 0 Å². The minimum Gasteiger partial charge on any atom is -0.489 e. The summed E-state index contributed by atoms with van der Waals surface area (Å²) < 4.78 is 6.93. The van der Waals surface area contributed by atoms with Crippen LogP contribution in [0.15, 0.2) is 101 Å². The molecule has 0 radical (unpaired) electrons. The van der Waals surface area contributed by atoms with Crippen molar-refractivity contribution in [2.45, 2.75) is 10.8 Å². The third-order valence-electron chi connectivity index (χ3n) is 5.46. The van der Waals surface area contributed by atoms with Crippen molar-refractivity contribution >= 4 is 34.7 Å². The molecule has 2 heterocycles. The van der Waals surface area contributed by atoms with Gasteiger partial charge in [-0.05, 0) is 35.6 Å². The number of hydrogen-bond acceptors (Lipinski definition) is 7. The van der Waals surface area contributed by atoms with Crippen molar-refractivity contribution in [1.29, 1.82) is 5.26 Å². The van der Waals surface area contributed by atoms with Crippen LogP contribution in [-0.2, 0) is 6.61 Å². The van der Waals surface area contributed by atoms with Gasteiger partial charge in [0.1, 0.15) is 18.4 Å². The Hall–Kier alpha value is -4.12. The zero-order valence-electron chi connectivity index (χ0n) is 19.5. The number of thiophene rings is 1. The standard InChI is InChI=1S/C29H22N4OS2/c1-35-28-24(18-30)26(21-11-6-3-7-12-21)27(36-28)25-15-16-31-29(33-25)32-22-13-8-14-23(17-22)34-19-20-9-4-2-5-10-20/h2-17H,19H2,1H3,(H,31,32,33). The number of aromatic nitrogens is 2. The van der Waals surface area contributed by atoms with Gasteiger partial charge in [-0.15, -0.1) is 23.1 Å². The average molecular weight is 507 g/mol. The molecule has 5 aromatic rings. The molecule has 0 bridgehead atoms. The van der Waals surface area contributed by atoms with E-state index in [1.165, 1.54) is 0 Å². The highest BCUT2D eigenvalue weighted by atomic mass is 32.2. The van der Waals surface area contributed by atoms with Gasteiger partial charge in [-0.2, -0.15) is 5.26 Å². The van der Waals surface area contributed by atoms with Crippen LogP contribution in [-0.4, -0.2) is 16.2 Å². The van der Waals surface area contributed by atoms with E-state index in [2.05, 4.69) is 16.4 Å². The molecular weight excluding hydrogens is 484 g/mol. The van der Waals surface area contributed by atoms with Crippen molar-refractivity contribution in [1.82, 2.24) is 9.97 Å². The molecule has 0 atom stereocenters. The maximum absolute atomic E-state index is 9.93. The highest BCUT2D eigenvalue weighted by Gasteiger charge is 2.21. The Bertz CT molecular complexity index is 1510. The van der Waals surface area contributed by atoms with E-state index in [1.54, 1.807) is 29.3 Å². The molecule has 0 unspecified atom stereocenters. The zero-order valence-corrected chi connectivity index (χ0v) is 21.1. The molecule has 3 aromatic carbocycles. The Morgan fingerprint density at radius 3 is 2.50 bits per heavy atom. The molecule has 2 aromatic heterocycles. The molecule has 0 aliphatic carbocycles. The van der Waals surface area contributed by atoms with Crippen molar-refractivity contribution < 1.29 is 4.74 Å². The van der Waals surface area contributed by atoms with Crippen molar-refractivity contribution in [3.05, 3.63) is 108 Å². The maximum Gasteiger partial charge on any atom is 0.227 e. The predicted molar refractivity (Wildman–Crippen MR) is 148 cm³/mol. The topological polar surface area (TPSA) is 70.8 Å². The first-order chi connectivity index (χ1) is 17.7. The van der Waals surface area contributed by atoms with Gasteiger partial charge in [0.15, 0.2) is 0 Å². The van der Waals surface area contributed by atoms with Gasteiger partial charge in [0.05, 0.1) is 20.3 Å². The van der Waals surface area contributed by atoms with E-state index >= 15 is 0 Å². The number of nitriles is 1. The van der Waals surface area contributed by atoms with Gasteiger partial charge in [-0.25, -0.2) is 9.97 Å². The highest BCUT2D eigenvalue weighted by Crippen LogP contribution is 2.45. The molecule has 0 saturated heterocycles. The third-order valence-corrected chi connectivity index (χ3v) is 7.79. The number of rotatable bonds is 8. The quantitative estimate of drug-likeness (QED) is 0.217. The van der Waals surface area contributed by atoms with E-state index in [9.17, 15) is 5.26 Å². The lowest BCUT2D eigenvalue weighted by molar-refractivity contribution is 0.306. The normalized spacial score (nSPS) is 10.6. The van der Waals surface area contributed by atoms with Gasteiger partial charge in [-0.3, -0.25) is 0 Å². The Morgan fingerprint density at radius 2 is 1.75 bits per heavy atom. The van der Waals surface area contributed by atoms with Crippen molar-refractivity contribution in [3.8, 4) is 33.5 Å². The second-order valence-corrected chi connectivity index (χ2v) is 9.94. The lowest BCUT2D eigenvalue weighted by atomic mass is 10.0. The van der Waals surface area contributed by atoms with Gasteiger partial charge in [0.2, 0.25) is 5.95 Å². The Morgan fingerprint density at radius 1 is 0.972 bits per heavy atom. The first kappa shape index (κ1) is 23.6. The molecule has 0 fully saturated rings. The first-order valence-corrected chi connectivity index (χ1v) is 13.3. The molecule has 5 rings (SSSR count). The van der Waals surface area contributed by atoms with E-state index in [0.29, 0.717) is 18.1 Å². The van der Waals surface area contributed by atoms with Gasteiger partial charge >= 0.3 is 0 Å². The third kappa shape index (κ3) is 5.25. The van der Waals surface area contributed by atoms with Crippen LogP contribution in [0.1, 0.15) is 11.1 Å². The predicted octanol–water partition coefficient (Wildman–Crippen LogP) is 7.79. The van der Waals surface area contributed by atoms with Gasteiger partial charge in [0, 0.05) is 23.5 Å². The van der Waals surface area contributed by atoms with Gasteiger partial charge in [0.25, 0.3) is 0 Å². The Kier molecular flexibility index (Phi) is 7.27. The molecule has 7 heteroatoms. The van der Waals surface area contributed by atoms with E-state index in [0.717, 1.165) is 42.9 Å².